The number of ether oxygens (including phenoxy) is 1. The fourth-order valence-corrected chi connectivity index (χ4v) is 1.80. The lowest BCUT2D eigenvalue weighted by Crippen LogP contribution is -2.43. The molecule has 0 aromatic carbocycles. The van der Waals surface area contributed by atoms with E-state index in [1.54, 1.807) is 17.3 Å². The average Bonchev–Trinajstić information content (AvgIpc) is 2.38. The zero-order valence-electron chi connectivity index (χ0n) is 9.71. The van der Waals surface area contributed by atoms with Gasteiger partial charge < -0.3 is 15.4 Å². The minimum Gasteiger partial charge on any atom is -0.444 e. The maximum atomic E-state index is 11.7. The van der Waals surface area contributed by atoms with E-state index in [1.807, 2.05) is 12.1 Å². The summed E-state index contributed by atoms with van der Waals surface area (Å²) in [6, 6.07) is 3.92. The molecule has 1 aliphatic heterocycles. The minimum atomic E-state index is -0.263. The Morgan fingerprint density at radius 2 is 2.29 bits per heavy atom. The van der Waals surface area contributed by atoms with Crippen LogP contribution in [0.4, 0.5) is 4.79 Å². The molecule has 2 N–H and O–H groups in total. The van der Waals surface area contributed by atoms with E-state index in [2.05, 4.69) is 4.98 Å². The number of hydrogen-bond acceptors (Lipinski definition) is 4. The van der Waals surface area contributed by atoms with Gasteiger partial charge in [0, 0.05) is 37.1 Å². The van der Waals surface area contributed by atoms with Crippen molar-refractivity contribution < 1.29 is 9.53 Å². The molecule has 92 valence electrons. The summed E-state index contributed by atoms with van der Waals surface area (Å²) >= 11 is 0. The maximum Gasteiger partial charge on any atom is 0.410 e. The van der Waals surface area contributed by atoms with Crippen LogP contribution in [0, 0.1) is 0 Å². The van der Waals surface area contributed by atoms with Gasteiger partial charge in [0.1, 0.15) is 6.61 Å². The van der Waals surface area contributed by atoms with Gasteiger partial charge in [-0.25, -0.2) is 4.79 Å². The third-order valence-electron chi connectivity index (χ3n) is 2.88. The van der Waals surface area contributed by atoms with E-state index in [4.69, 9.17) is 10.5 Å². The maximum absolute atomic E-state index is 11.7. The van der Waals surface area contributed by atoms with Crippen LogP contribution in [-0.2, 0) is 11.3 Å². The van der Waals surface area contributed by atoms with Crippen LogP contribution in [0.25, 0.3) is 0 Å². The van der Waals surface area contributed by atoms with Crippen LogP contribution in [-0.4, -0.2) is 35.1 Å². The summed E-state index contributed by atoms with van der Waals surface area (Å²) in [7, 11) is 0. The SMILES string of the molecule is NC1CCN(C(=O)OCc2cccnc2)CC1. The second-order valence-corrected chi connectivity index (χ2v) is 4.24. The highest BCUT2D eigenvalue weighted by Crippen LogP contribution is 2.10. The summed E-state index contributed by atoms with van der Waals surface area (Å²) < 4.78 is 5.21. The molecule has 5 heteroatoms. The van der Waals surface area contributed by atoms with Gasteiger partial charge in [-0.15, -0.1) is 0 Å². The molecule has 0 saturated carbocycles. The lowest BCUT2D eigenvalue weighted by Gasteiger charge is -2.29. The lowest BCUT2D eigenvalue weighted by atomic mass is 10.1. The Labute approximate surface area is 101 Å². The fraction of sp³-hybridized carbons (Fsp3) is 0.500. The van der Waals surface area contributed by atoms with Crippen molar-refractivity contribution in [2.75, 3.05) is 13.1 Å². The molecule has 0 spiro atoms. The predicted octanol–water partition coefficient (Wildman–Crippen LogP) is 1.14. The molecule has 0 aliphatic carbocycles. The van der Waals surface area contributed by atoms with Crippen molar-refractivity contribution in [2.24, 2.45) is 5.73 Å². The Hall–Kier alpha value is -1.62. The molecule has 0 radical (unpaired) electrons. The molecule has 1 aromatic rings. The Bertz CT molecular complexity index is 361. The van der Waals surface area contributed by atoms with Gasteiger partial charge in [-0.2, -0.15) is 0 Å². The highest BCUT2D eigenvalue weighted by atomic mass is 16.6. The van der Waals surface area contributed by atoms with Crippen LogP contribution in [0.2, 0.25) is 0 Å². The lowest BCUT2D eigenvalue weighted by molar-refractivity contribution is 0.0873. The molecule has 5 nitrogen and oxygen atoms in total. The number of amides is 1. The van der Waals surface area contributed by atoms with Gasteiger partial charge in [-0.1, -0.05) is 6.07 Å². The van der Waals surface area contributed by atoms with E-state index < -0.39 is 0 Å². The van der Waals surface area contributed by atoms with Crippen molar-refractivity contribution in [3.05, 3.63) is 30.1 Å². The van der Waals surface area contributed by atoms with Crippen LogP contribution < -0.4 is 5.73 Å². The third-order valence-corrected chi connectivity index (χ3v) is 2.88. The van der Waals surface area contributed by atoms with E-state index >= 15 is 0 Å². The predicted molar refractivity (Wildman–Crippen MR) is 63.2 cm³/mol. The first-order valence-electron chi connectivity index (χ1n) is 5.82. The molecule has 2 heterocycles. The number of piperidine rings is 1. The molecule has 1 fully saturated rings. The quantitative estimate of drug-likeness (QED) is 0.834. The number of aromatic nitrogens is 1. The zero-order chi connectivity index (χ0) is 12.1. The number of hydrogen-bond donors (Lipinski definition) is 1. The average molecular weight is 235 g/mol. The number of carbonyl (C=O) groups is 1. The van der Waals surface area contributed by atoms with Gasteiger partial charge in [0.05, 0.1) is 0 Å². The molecule has 1 aliphatic rings. The van der Waals surface area contributed by atoms with Gasteiger partial charge in [0.15, 0.2) is 0 Å². The molecule has 17 heavy (non-hydrogen) atoms. The minimum absolute atomic E-state index is 0.220. The van der Waals surface area contributed by atoms with Crippen LogP contribution >= 0.6 is 0 Å². The number of nitrogens with zero attached hydrogens (tertiary/aromatic N) is 2. The summed E-state index contributed by atoms with van der Waals surface area (Å²) in [5.41, 5.74) is 6.67. The van der Waals surface area contributed by atoms with Gasteiger partial charge in [0.25, 0.3) is 0 Å². The number of nitrogens with two attached hydrogens (primary N) is 1. The van der Waals surface area contributed by atoms with Crippen molar-refractivity contribution in [3.63, 3.8) is 0 Å². The Morgan fingerprint density at radius 1 is 1.53 bits per heavy atom. The van der Waals surface area contributed by atoms with Crippen LogP contribution in [0.5, 0.6) is 0 Å². The van der Waals surface area contributed by atoms with Gasteiger partial charge in [-0.3, -0.25) is 4.98 Å². The molecule has 0 unspecified atom stereocenters. The Kier molecular flexibility index (Phi) is 3.93. The normalized spacial score (nSPS) is 16.9. The zero-order valence-corrected chi connectivity index (χ0v) is 9.71. The molecule has 1 aromatic heterocycles. The summed E-state index contributed by atoms with van der Waals surface area (Å²) in [6.07, 6.45) is 4.82. The fourth-order valence-electron chi connectivity index (χ4n) is 1.80. The van der Waals surface area contributed by atoms with Crippen LogP contribution in [0.1, 0.15) is 18.4 Å². The topological polar surface area (TPSA) is 68.5 Å². The molecular formula is C12H17N3O2. The van der Waals surface area contributed by atoms with Crippen molar-refractivity contribution in [1.82, 2.24) is 9.88 Å². The van der Waals surface area contributed by atoms with E-state index in [1.165, 1.54) is 0 Å². The highest BCUT2D eigenvalue weighted by Gasteiger charge is 2.21. The molecule has 0 atom stereocenters. The number of likely N-dealkylation sites (tertiary alicyclic amines) is 1. The van der Waals surface area contributed by atoms with E-state index in [0.29, 0.717) is 13.1 Å². The summed E-state index contributed by atoms with van der Waals surface area (Å²) in [4.78, 5) is 17.4. The Balaban J connectivity index is 1.78. The third kappa shape index (κ3) is 3.42. The summed E-state index contributed by atoms with van der Waals surface area (Å²) in [6.45, 7) is 1.65. The Morgan fingerprint density at radius 3 is 2.94 bits per heavy atom. The van der Waals surface area contributed by atoms with E-state index in [0.717, 1.165) is 18.4 Å². The second kappa shape index (κ2) is 5.63. The molecule has 1 amide bonds. The van der Waals surface area contributed by atoms with Crippen LogP contribution in [0.15, 0.2) is 24.5 Å². The molecule has 0 bridgehead atoms. The van der Waals surface area contributed by atoms with Gasteiger partial charge in [0.2, 0.25) is 0 Å². The number of rotatable bonds is 2. The van der Waals surface area contributed by atoms with Crippen LogP contribution in [0.3, 0.4) is 0 Å². The van der Waals surface area contributed by atoms with Crippen molar-refractivity contribution in [2.45, 2.75) is 25.5 Å². The largest absolute Gasteiger partial charge is 0.444 e. The van der Waals surface area contributed by atoms with Gasteiger partial charge in [-0.05, 0) is 18.9 Å². The number of carbonyl (C=O) groups excluding carboxylic acids is 1. The highest BCUT2D eigenvalue weighted by molar-refractivity contribution is 5.67. The monoisotopic (exact) mass is 235 g/mol. The summed E-state index contributed by atoms with van der Waals surface area (Å²) in [5, 5.41) is 0. The second-order valence-electron chi connectivity index (χ2n) is 4.24. The smallest absolute Gasteiger partial charge is 0.410 e. The van der Waals surface area contributed by atoms with E-state index in [9.17, 15) is 4.79 Å². The summed E-state index contributed by atoms with van der Waals surface area (Å²) in [5.74, 6) is 0. The van der Waals surface area contributed by atoms with Crippen molar-refractivity contribution >= 4 is 6.09 Å². The van der Waals surface area contributed by atoms with Crippen molar-refractivity contribution in [1.29, 1.82) is 0 Å². The molecular weight excluding hydrogens is 218 g/mol. The number of pyridine rings is 1. The first-order valence-corrected chi connectivity index (χ1v) is 5.82. The first-order chi connectivity index (χ1) is 8.25. The standard InChI is InChI=1S/C12H17N3O2/c13-11-3-6-15(7-4-11)12(16)17-9-10-2-1-5-14-8-10/h1-2,5,8,11H,3-4,6-7,9,13H2. The molecule has 1 saturated heterocycles. The van der Waals surface area contributed by atoms with Crippen molar-refractivity contribution in [3.8, 4) is 0 Å². The van der Waals surface area contributed by atoms with Gasteiger partial charge >= 0.3 is 6.09 Å². The first kappa shape index (κ1) is 11.9. The van der Waals surface area contributed by atoms with E-state index in [-0.39, 0.29) is 18.7 Å². The molecule has 2 rings (SSSR count).